The van der Waals surface area contributed by atoms with Crippen molar-refractivity contribution in [3.8, 4) is 0 Å². The number of carbonyl (C=O) groups excluding carboxylic acids is 1. The van der Waals surface area contributed by atoms with Gasteiger partial charge in [-0.05, 0) is 12.1 Å². The molecule has 1 fully saturated rings. The van der Waals surface area contributed by atoms with Gasteiger partial charge >= 0.3 is 0 Å². The normalized spacial score (nSPS) is 22.9. The minimum absolute atomic E-state index is 0.0252. The first-order valence-electron chi connectivity index (χ1n) is 4.40. The average molecular weight is 180 g/mol. The number of furan rings is 1. The van der Waals surface area contributed by atoms with Crippen LogP contribution in [0.4, 0.5) is 0 Å². The van der Waals surface area contributed by atoms with Crippen molar-refractivity contribution in [2.24, 2.45) is 0 Å². The first kappa shape index (κ1) is 8.47. The van der Waals surface area contributed by atoms with Crippen LogP contribution in [-0.2, 0) is 0 Å². The number of carbonyl (C=O) groups is 1. The van der Waals surface area contributed by atoms with Gasteiger partial charge in [-0.2, -0.15) is 0 Å². The number of hydrogen-bond acceptors (Lipinski definition) is 4. The van der Waals surface area contributed by atoms with E-state index in [4.69, 9.17) is 4.42 Å². The Morgan fingerprint density at radius 2 is 2.46 bits per heavy atom. The molecular weight excluding hydrogens is 168 g/mol. The van der Waals surface area contributed by atoms with Crippen LogP contribution in [0.15, 0.2) is 22.8 Å². The van der Waals surface area contributed by atoms with Crippen LogP contribution in [0.2, 0.25) is 0 Å². The van der Waals surface area contributed by atoms with Crippen molar-refractivity contribution >= 4 is 5.78 Å². The fraction of sp³-hybridized carbons (Fsp3) is 0.444. The van der Waals surface area contributed by atoms with Gasteiger partial charge in [-0.25, -0.2) is 0 Å². The van der Waals surface area contributed by atoms with Crippen LogP contribution < -0.4 is 10.6 Å². The zero-order chi connectivity index (χ0) is 9.10. The second kappa shape index (κ2) is 3.72. The second-order valence-electron chi connectivity index (χ2n) is 3.05. The van der Waals surface area contributed by atoms with Crippen molar-refractivity contribution in [2.75, 3.05) is 19.6 Å². The van der Waals surface area contributed by atoms with E-state index in [1.807, 2.05) is 0 Å². The monoisotopic (exact) mass is 180 g/mol. The first-order chi connectivity index (χ1) is 6.38. The molecule has 1 aliphatic rings. The van der Waals surface area contributed by atoms with Gasteiger partial charge in [-0.1, -0.05) is 0 Å². The number of piperazine rings is 1. The summed E-state index contributed by atoms with van der Waals surface area (Å²) in [6, 6.07) is 3.28. The molecule has 0 bridgehead atoms. The summed E-state index contributed by atoms with van der Waals surface area (Å²) in [5.74, 6) is 0.457. The zero-order valence-corrected chi connectivity index (χ0v) is 7.25. The molecule has 70 valence electrons. The largest absolute Gasteiger partial charge is 0.461 e. The summed E-state index contributed by atoms with van der Waals surface area (Å²) in [7, 11) is 0. The van der Waals surface area contributed by atoms with Crippen molar-refractivity contribution in [2.45, 2.75) is 6.04 Å². The quantitative estimate of drug-likeness (QED) is 0.630. The molecule has 1 aliphatic heterocycles. The van der Waals surface area contributed by atoms with E-state index in [-0.39, 0.29) is 11.8 Å². The molecule has 1 saturated heterocycles. The van der Waals surface area contributed by atoms with E-state index < -0.39 is 0 Å². The molecule has 2 heterocycles. The molecule has 0 aliphatic carbocycles. The summed E-state index contributed by atoms with van der Waals surface area (Å²) in [5, 5.41) is 6.29. The Kier molecular flexibility index (Phi) is 2.42. The predicted octanol–water partition coefficient (Wildman–Crippen LogP) is 0.0237. The molecule has 1 aromatic rings. The molecule has 0 radical (unpaired) electrons. The predicted molar refractivity (Wildman–Crippen MR) is 47.7 cm³/mol. The van der Waals surface area contributed by atoms with Crippen molar-refractivity contribution in [1.29, 1.82) is 0 Å². The summed E-state index contributed by atoms with van der Waals surface area (Å²) in [6.45, 7) is 2.43. The Balaban J connectivity index is 2.04. The Bertz CT molecular complexity index is 276. The van der Waals surface area contributed by atoms with Crippen LogP contribution in [0.25, 0.3) is 0 Å². The van der Waals surface area contributed by atoms with E-state index >= 15 is 0 Å². The summed E-state index contributed by atoms with van der Waals surface area (Å²) in [4.78, 5) is 11.7. The maximum atomic E-state index is 11.7. The van der Waals surface area contributed by atoms with Crippen LogP contribution in [-0.4, -0.2) is 31.5 Å². The van der Waals surface area contributed by atoms with Crippen LogP contribution >= 0.6 is 0 Å². The summed E-state index contributed by atoms with van der Waals surface area (Å²) >= 11 is 0. The lowest BCUT2D eigenvalue weighted by atomic mass is 10.1. The topological polar surface area (TPSA) is 54.3 Å². The zero-order valence-electron chi connectivity index (χ0n) is 7.25. The van der Waals surface area contributed by atoms with Gasteiger partial charge in [0.15, 0.2) is 5.76 Å². The molecule has 4 nitrogen and oxygen atoms in total. The first-order valence-corrected chi connectivity index (χ1v) is 4.40. The molecule has 2 N–H and O–H groups in total. The Hall–Kier alpha value is -1.13. The molecule has 4 heteroatoms. The number of hydrogen-bond donors (Lipinski definition) is 2. The molecule has 1 unspecified atom stereocenters. The Labute approximate surface area is 76.3 Å². The smallest absolute Gasteiger partial charge is 0.216 e. The van der Waals surface area contributed by atoms with Gasteiger partial charge in [0.25, 0.3) is 0 Å². The molecule has 0 spiro atoms. The van der Waals surface area contributed by atoms with E-state index in [0.717, 1.165) is 13.1 Å². The van der Waals surface area contributed by atoms with E-state index in [0.29, 0.717) is 12.3 Å². The van der Waals surface area contributed by atoms with E-state index in [2.05, 4.69) is 10.6 Å². The van der Waals surface area contributed by atoms with Gasteiger partial charge in [-0.3, -0.25) is 4.79 Å². The fourth-order valence-corrected chi connectivity index (χ4v) is 1.43. The highest BCUT2D eigenvalue weighted by Gasteiger charge is 2.23. The summed E-state index contributed by atoms with van der Waals surface area (Å²) in [5.41, 5.74) is 0. The fourth-order valence-electron chi connectivity index (χ4n) is 1.43. The van der Waals surface area contributed by atoms with Crippen molar-refractivity contribution in [3.05, 3.63) is 24.2 Å². The lowest BCUT2D eigenvalue weighted by Crippen LogP contribution is -2.52. The molecule has 13 heavy (non-hydrogen) atoms. The Morgan fingerprint density at radius 1 is 1.54 bits per heavy atom. The molecule has 0 amide bonds. The Morgan fingerprint density at radius 3 is 3.08 bits per heavy atom. The average Bonchev–Trinajstić information content (AvgIpc) is 2.71. The van der Waals surface area contributed by atoms with Gasteiger partial charge in [0, 0.05) is 19.6 Å². The molecule has 1 aromatic heterocycles. The van der Waals surface area contributed by atoms with Crippen molar-refractivity contribution in [3.63, 3.8) is 0 Å². The van der Waals surface area contributed by atoms with Crippen LogP contribution in [0, 0.1) is 0 Å². The lowest BCUT2D eigenvalue weighted by Gasteiger charge is -2.22. The van der Waals surface area contributed by atoms with E-state index in [1.54, 1.807) is 12.1 Å². The highest BCUT2D eigenvalue weighted by atomic mass is 16.3. The second-order valence-corrected chi connectivity index (χ2v) is 3.05. The van der Waals surface area contributed by atoms with Crippen molar-refractivity contribution in [1.82, 2.24) is 10.6 Å². The highest BCUT2D eigenvalue weighted by Crippen LogP contribution is 2.05. The van der Waals surface area contributed by atoms with Gasteiger partial charge in [0.05, 0.1) is 12.3 Å². The highest BCUT2D eigenvalue weighted by molar-refractivity contribution is 5.97. The molecule has 2 rings (SSSR count). The van der Waals surface area contributed by atoms with Gasteiger partial charge in [0.2, 0.25) is 5.78 Å². The maximum absolute atomic E-state index is 11.7. The third kappa shape index (κ3) is 1.79. The molecular formula is C9H12N2O2. The lowest BCUT2D eigenvalue weighted by molar-refractivity contribution is 0.0906. The SMILES string of the molecule is O=C(c1ccco1)C1CNCCN1. The van der Waals surface area contributed by atoms with E-state index in [9.17, 15) is 4.79 Å². The standard InChI is InChI=1S/C9H12N2O2/c12-9(8-2-1-5-13-8)7-6-10-3-4-11-7/h1-2,5,7,10-11H,3-4,6H2. The third-order valence-electron chi connectivity index (χ3n) is 2.12. The van der Waals surface area contributed by atoms with Crippen LogP contribution in [0.1, 0.15) is 10.6 Å². The number of Topliss-reactive ketones (excluding diaryl/α,β-unsaturated/α-hetero) is 1. The van der Waals surface area contributed by atoms with Crippen LogP contribution in [0.5, 0.6) is 0 Å². The third-order valence-corrected chi connectivity index (χ3v) is 2.12. The number of ketones is 1. The van der Waals surface area contributed by atoms with Crippen LogP contribution in [0.3, 0.4) is 0 Å². The number of nitrogens with one attached hydrogen (secondary N) is 2. The van der Waals surface area contributed by atoms with Gasteiger partial charge in [0.1, 0.15) is 0 Å². The van der Waals surface area contributed by atoms with Gasteiger partial charge < -0.3 is 15.1 Å². The molecule has 0 saturated carbocycles. The minimum Gasteiger partial charge on any atom is -0.461 e. The number of rotatable bonds is 2. The van der Waals surface area contributed by atoms with Gasteiger partial charge in [-0.15, -0.1) is 0 Å². The van der Waals surface area contributed by atoms with Crippen molar-refractivity contribution < 1.29 is 9.21 Å². The molecule has 0 aromatic carbocycles. The van der Waals surface area contributed by atoms with E-state index in [1.165, 1.54) is 6.26 Å². The summed E-state index contributed by atoms with van der Waals surface area (Å²) < 4.78 is 5.03. The summed E-state index contributed by atoms with van der Waals surface area (Å²) in [6.07, 6.45) is 1.52. The minimum atomic E-state index is -0.139. The maximum Gasteiger partial charge on any atom is 0.216 e. The molecule has 1 atom stereocenters.